The Balaban J connectivity index is 1.62. The van der Waals surface area contributed by atoms with Crippen molar-refractivity contribution in [3.63, 3.8) is 0 Å². The lowest BCUT2D eigenvalue weighted by molar-refractivity contribution is 0.249. The molecular formula is C21H20ClN3O. The topological polar surface area (TPSA) is 54.0 Å². The molecule has 0 saturated carbocycles. The van der Waals surface area contributed by atoms with Crippen molar-refractivity contribution in [2.24, 2.45) is 0 Å². The maximum absolute atomic E-state index is 12.2. The number of nitrogens with zero attached hydrogens (tertiary/aromatic N) is 1. The van der Waals surface area contributed by atoms with Gasteiger partial charge >= 0.3 is 6.03 Å². The van der Waals surface area contributed by atoms with E-state index in [1.165, 1.54) is 0 Å². The molecule has 132 valence electrons. The number of benzene rings is 2. The number of nitrogens with one attached hydrogen (secondary N) is 2. The molecule has 4 nitrogen and oxygen atoms in total. The quantitative estimate of drug-likeness (QED) is 0.632. The highest BCUT2D eigenvalue weighted by Gasteiger charge is 2.10. The van der Waals surface area contributed by atoms with E-state index in [1.807, 2.05) is 74.5 Å². The van der Waals surface area contributed by atoms with Crippen LogP contribution in [0.2, 0.25) is 5.02 Å². The number of hydrogen-bond donors (Lipinski definition) is 2. The fourth-order valence-electron chi connectivity index (χ4n) is 2.69. The number of urea groups is 1. The van der Waals surface area contributed by atoms with Crippen molar-refractivity contribution in [1.82, 2.24) is 10.3 Å². The SMILES string of the molecule is Cc1cc(-c2ccc(NC(=O)NC(C)c3cccc(Cl)c3)cc2)ccn1. The third-order valence-electron chi connectivity index (χ3n) is 4.07. The molecule has 2 amide bonds. The Bertz CT molecular complexity index is 909. The summed E-state index contributed by atoms with van der Waals surface area (Å²) in [5.74, 6) is 0. The van der Waals surface area contributed by atoms with Crippen molar-refractivity contribution in [1.29, 1.82) is 0 Å². The Morgan fingerprint density at radius 1 is 1.04 bits per heavy atom. The Morgan fingerprint density at radius 3 is 2.50 bits per heavy atom. The van der Waals surface area contributed by atoms with Crippen LogP contribution in [0.5, 0.6) is 0 Å². The molecule has 2 N–H and O–H groups in total. The van der Waals surface area contributed by atoms with Gasteiger partial charge in [-0.3, -0.25) is 4.98 Å². The second-order valence-corrected chi connectivity index (χ2v) is 6.57. The van der Waals surface area contributed by atoms with Crippen LogP contribution in [0.4, 0.5) is 10.5 Å². The van der Waals surface area contributed by atoms with E-state index in [1.54, 1.807) is 6.20 Å². The van der Waals surface area contributed by atoms with Crippen molar-refractivity contribution in [2.45, 2.75) is 19.9 Å². The molecule has 3 aromatic rings. The zero-order valence-corrected chi connectivity index (χ0v) is 15.4. The molecule has 1 aromatic heterocycles. The predicted molar refractivity (Wildman–Crippen MR) is 106 cm³/mol. The lowest BCUT2D eigenvalue weighted by Gasteiger charge is -2.15. The first-order valence-electron chi connectivity index (χ1n) is 8.37. The van der Waals surface area contributed by atoms with E-state index in [9.17, 15) is 4.79 Å². The second-order valence-electron chi connectivity index (χ2n) is 6.14. The molecule has 2 aromatic carbocycles. The molecule has 1 heterocycles. The third-order valence-corrected chi connectivity index (χ3v) is 4.30. The normalized spacial score (nSPS) is 11.7. The number of halogens is 1. The van der Waals surface area contributed by atoms with E-state index in [-0.39, 0.29) is 12.1 Å². The van der Waals surface area contributed by atoms with E-state index in [0.29, 0.717) is 5.02 Å². The average molecular weight is 366 g/mol. The number of anilines is 1. The summed E-state index contributed by atoms with van der Waals surface area (Å²) >= 11 is 6.00. The minimum Gasteiger partial charge on any atom is -0.331 e. The van der Waals surface area contributed by atoms with Crippen LogP contribution in [-0.4, -0.2) is 11.0 Å². The predicted octanol–water partition coefficient (Wildman–Crippen LogP) is 5.59. The molecule has 0 bridgehead atoms. The largest absolute Gasteiger partial charge is 0.331 e. The first kappa shape index (κ1) is 18.0. The lowest BCUT2D eigenvalue weighted by atomic mass is 10.1. The Hall–Kier alpha value is -2.85. The van der Waals surface area contributed by atoms with Crippen LogP contribution in [-0.2, 0) is 0 Å². The van der Waals surface area contributed by atoms with Crippen molar-refractivity contribution in [3.8, 4) is 11.1 Å². The van der Waals surface area contributed by atoms with E-state index < -0.39 is 0 Å². The van der Waals surface area contributed by atoms with Crippen LogP contribution in [0, 0.1) is 6.92 Å². The summed E-state index contributed by atoms with van der Waals surface area (Å²) in [6.45, 7) is 3.88. The average Bonchev–Trinajstić information content (AvgIpc) is 2.62. The number of aryl methyl sites for hydroxylation is 1. The maximum Gasteiger partial charge on any atom is 0.319 e. The minimum atomic E-state index is -0.259. The number of amides is 2. The van der Waals surface area contributed by atoms with Crippen LogP contribution in [0.1, 0.15) is 24.2 Å². The van der Waals surface area contributed by atoms with Crippen LogP contribution in [0.15, 0.2) is 66.9 Å². The van der Waals surface area contributed by atoms with Crippen LogP contribution < -0.4 is 10.6 Å². The third kappa shape index (κ3) is 4.61. The first-order chi connectivity index (χ1) is 12.5. The van der Waals surface area contributed by atoms with Gasteiger partial charge in [-0.1, -0.05) is 35.9 Å². The van der Waals surface area contributed by atoms with Crippen molar-refractivity contribution in [2.75, 3.05) is 5.32 Å². The molecule has 0 spiro atoms. The van der Waals surface area contributed by atoms with Gasteiger partial charge in [-0.25, -0.2) is 4.79 Å². The number of carbonyl (C=O) groups is 1. The van der Waals surface area contributed by atoms with E-state index in [4.69, 9.17) is 11.6 Å². The Morgan fingerprint density at radius 2 is 1.81 bits per heavy atom. The van der Waals surface area contributed by atoms with E-state index in [0.717, 1.165) is 28.1 Å². The first-order valence-corrected chi connectivity index (χ1v) is 8.75. The summed E-state index contributed by atoms with van der Waals surface area (Å²) in [5.41, 5.74) is 4.84. The molecule has 0 aliphatic heterocycles. The van der Waals surface area contributed by atoms with E-state index in [2.05, 4.69) is 15.6 Å². The van der Waals surface area contributed by atoms with Crippen molar-refractivity contribution < 1.29 is 4.79 Å². The molecular weight excluding hydrogens is 346 g/mol. The zero-order valence-electron chi connectivity index (χ0n) is 14.7. The number of hydrogen-bond acceptors (Lipinski definition) is 2. The van der Waals surface area contributed by atoms with Gasteiger partial charge in [0.2, 0.25) is 0 Å². The summed E-state index contributed by atoms with van der Waals surface area (Å²) in [6, 6.07) is 18.8. The highest BCUT2D eigenvalue weighted by Crippen LogP contribution is 2.22. The molecule has 26 heavy (non-hydrogen) atoms. The Kier molecular flexibility index (Phi) is 5.54. The lowest BCUT2D eigenvalue weighted by Crippen LogP contribution is -2.31. The van der Waals surface area contributed by atoms with Gasteiger partial charge in [0.15, 0.2) is 0 Å². The van der Waals surface area contributed by atoms with Gasteiger partial charge in [-0.05, 0) is 66.9 Å². The second kappa shape index (κ2) is 8.02. The highest BCUT2D eigenvalue weighted by molar-refractivity contribution is 6.30. The smallest absolute Gasteiger partial charge is 0.319 e. The van der Waals surface area contributed by atoms with Gasteiger partial charge in [0.1, 0.15) is 0 Å². The summed E-state index contributed by atoms with van der Waals surface area (Å²) in [7, 11) is 0. The summed E-state index contributed by atoms with van der Waals surface area (Å²) in [6.07, 6.45) is 1.79. The molecule has 0 saturated heterocycles. The monoisotopic (exact) mass is 365 g/mol. The van der Waals surface area contributed by atoms with Gasteiger partial charge in [0.05, 0.1) is 6.04 Å². The molecule has 1 unspecified atom stereocenters. The minimum absolute atomic E-state index is 0.146. The van der Waals surface area contributed by atoms with Gasteiger partial charge in [0, 0.05) is 22.6 Å². The highest BCUT2D eigenvalue weighted by atomic mass is 35.5. The fourth-order valence-corrected chi connectivity index (χ4v) is 2.89. The molecule has 5 heteroatoms. The Labute approximate surface area is 158 Å². The molecule has 0 fully saturated rings. The molecule has 3 rings (SSSR count). The van der Waals surface area contributed by atoms with Crippen LogP contribution in [0.3, 0.4) is 0 Å². The fraction of sp³-hybridized carbons (Fsp3) is 0.143. The number of aromatic nitrogens is 1. The zero-order chi connectivity index (χ0) is 18.5. The summed E-state index contributed by atoms with van der Waals surface area (Å²) in [5, 5.41) is 6.41. The number of carbonyl (C=O) groups excluding carboxylic acids is 1. The van der Waals surface area contributed by atoms with Gasteiger partial charge in [-0.2, -0.15) is 0 Å². The van der Waals surface area contributed by atoms with E-state index >= 15 is 0 Å². The van der Waals surface area contributed by atoms with Crippen LogP contribution in [0.25, 0.3) is 11.1 Å². The van der Waals surface area contributed by atoms with Gasteiger partial charge < -0.3 is 10.6 Å². The van der Waals surface area contributed by atoms with Crippen LogP contribution >= 0.6 is 11.6 Å². The number of rotatable bonds is 4. The van der Waals surface area contributed by atoms with Crippen molar-refractivity contribution in [3.05, 3.63) is 83.1 Å². The molecule has 0 aliphatic carbocycles. The molecule has 0 radical (unpaired) electrons. The molecule has 1 atom stereocenters. The summed E-state index contributed by atoms with van der Waals surface area (Å²) < 4.78 is 0. The summed E-state index contributed by atoms with van der Waals surface area (Å²) in [4.78, 5) is 16.4. The van der Waals surface area contributed by atoms with Crippen molar-refractivity contribution >= 4 is 23.3 Å². The number of pyridine rings is 1. The van der Waals surface area contributed by atoms with Gasteiger partial charge in [0.25, 0.3) is 0 Å². The van der Waals surface area contributed by atoms with Gasteiger partial charge in [-0.15, -0.1) is 0 Å². The standard InChI is InChI=1S/C21H20ClN3O/c1-14-12-18(10-11-23-14)16-6-8-20(9-7-16)25-21(26)24-15(2)17-4-3-5-19(22)13-17/h3-13,15H,1-2H3,(H2,24,25,26). The molecule has 0 aliphatic rings. The maximum atomic E-state index is 12.2.